The third-order valence-electron chi connectivity index (χ3n) is 3.52. The lowest BCUT2D eigenvalue weighted by atomic mass is 9.83. The van der Waals surface area contributed by atoms with Gasteiger partial charge in [0.25, 0.3) is 0 Å². The molecule has 1 rings (SSSR count). The zero-order valence-corrected chi connectivity index (χ0v) is 13.7. The molecule has 0 atom stereocenters. The van der Waals surface area contributed by atoms with E-state index in [0.717, 1.165) is 23.0 Å². The van der Waals surface area contributed by atoms with E-state index in [1.54, 1.807) is 0 Å². The van der Waals surface area contributed by atoms with Crippen LogP contribution in [0.2, 0.25) is 10.0 Å². The number of aliphatic hydroxyl groups is 1. The van der Waals surface area contributed by atoms with Gasteiger partial charge in [-0.3, -0.25) is 0 Å². The molecule has 0 radical (unpaired) electrons. The molecular weight excluding hydrogens is 337 g/mol. The molecule has 18 heavy (non-hydrogen) atoms. The van der Waals surface area contributed by atoms with E-state index in [0.29, 0.717) is 16.6 Å². The van der Waals surface area contributed by atoms with Crippen molar-refractivity contribution in [2.75, 3.05) is 18.5 Å². The summed E-state index contributed by atoms with van der Waals surface area (Å²) < 4.78 is 0.777. The number of rotatable bonds is 6. The zero-order valence-electron chi connectivity index (χ0n) is 10.6. The Morgan fingerprint density at radius 2 is 1.83 bits per heavy atom. The number of aliphatic hydroxyl groups excluding tert-OH is 1. The second-order valence-corrected chi connectivity index (χ2v) is 6.05. The van der Waals surface area contributed by atoms with Gasteiger partial charge >= 0.3 is 0 Å². The topological polar surface area (TPSA) is 32.3 Å². The van der Waals surface area contributed by atoms with Crippen molar-refractivity contribution < 1.29 is 5.11 Å². The molecule has 1 aromatic carbocycles. The van der Waals surface area contributed by atoms with Crippen LogP contribution in [0.15, 0.2) is 16.6 Å². The summed E-state index contributed by atoms with van der Waals surface area (Å²) in [5.74, 6) is 0. The molecule has 0 aliphatic heterocycles. The van der Waals surface area contributed by atoms with Crippen molar-refractivity contribution in [3.05, 3.63) is 26.7 Å². The summed E-state index contributed by atoms with van der Waals surface area (Å²) in [5.41, 5.74) is 0.688. The van der Waals surface area contributed by atoms with E-state index in [9.17, 15) is 5.11 Å². The Kier molecular flexibility index (Phi) is 6.25. The van der Waals surface area contributed by atoms with Crippen molar-refractivity contribution in [2.45, 2.75) is 26.7 Å². The first-order valence-corrected chi connectivity index (χ1v) is 7.52. The monoisotopic (exact) mass is 353 g/mol. The maximum atomic E-state index is 9.52. The average Bonchev–Trinajstić information content (AvgIpc) is 2.40. The van der Waals surface area contributed by atoms with Gasteiger partial charge in [-0.1, -0.05) is 37.0 Å². The average molecular weight is 355 g/mol. The van der Waals surface area contributed by atoms with Gasteiger partial charge < -0.3 is 10.4 Å². The molecule has 0 amide bonds. The van der Waals surface area contributed by atoms with Crippen LogP contribution in [-0.2, 0) is 0 Å². The SMILES string of the molecule is CCC(CC)(CO)CNc1ccc(Br)c(Cl)c1Cl. The van der Waals surface area contributed by atoms with Gasteiger partial charge in [0.2, 0.25) is 0 Å². The van der Waals surface area contributed by atoms with Crippen LogP contribution >= 0.6 is 39.1 Å². The Hall–Kier alpha value is 0.0400. The quantitative estimate of drug-likeness (QED) is 0.707. The fraction of sp³-hybridized carbons (Fsp3) is 0.538. The molecule has 0 unspecified atom stereocenters. The standard InChI is InChI=1S/C13H18BrCl2NO/c1-3-13(4-2,8-18)7-17-10-6-5-9(14)11(15)12(10)16/h5-6,17-18H,3-4,7-8H2,1-2H3. The number of hydrogen-bond acceptors (Lipinski definition) is 2. The summed E-state index contributed by atoms with van der Waals surface area (Å²) >= 11 is 15.6. The maximum Gasteiger partial charge on any atom is 0.0835 e. The largest absolute Gasteiger partial charge is 0.396 e. The lowest BCUT2D eigenvalue weighted by molar-refractivity contribution is 0.127. The molecule has 2 N–H and O–H groups in total. The van der Waals surface area contributed by atoms with E-state index < -0.39 is 0 Å². The first-order chi connectivity index (χ1) is 8.49. The van der Waals surface area contributed by atoms with Gasteiger partial charge in [-0.25, -0.2) is 0 Å². The number of benzene rings is 1. The Labute approximate surface area is 127 Å². The fourth-order valence-electron chi connectivity index (χ4n) is 1.72. The summed E-state index contributed by atoms with van der Waals surface area (Å²) in [5, 5.41) is 13.8. The number of nitrogens with one attached hydrogen (secondary N) is 1. The predicted molar refractivity (Wildman–Crippen MR) is 82.8 cm³/mol. The lowest BCUT2D eigenvalue weighted by Crippen LogP contribution is -2.32. The maximum absolute atomic E-state index is 9.52. The third-order valence-corrected chi connectivity index (χ3v) is 5.30. The van der Waals surface area contributed by atoms with Crippen LogP contribution in [0, 0.1) is 5.41 Å². The predicted octanol–water partition coefficient (Wildman–Crippen LogP) is 4.97. The van der Waals surface area contributed by atoms with Crippen molar-refractivity contribution in [3.8, 4) is 0 Å². The highest BCUT2D eigenvalue weighted by Crippen LogP contribution is 2.36. The molecule has 0 saturated heterocycles. The lowest BCUT2D eigenvalue weighted by Gasteiger charge is -2.30. The minimum atomic E-state index is -0.108. The Morgan fingerprint density at radius 1 is 1.22 bits per heavy atom. The Bertz CT molecular complexity index is 400. The number of hydrogen-bond donors (Lipinski definition) is 2. The van der Waals surface area contributed by atoms with Crippen molar-refractivity contribution in [1.29, 1.82) is 0 Å². The molecule has 0 spiro atoms. The summed E-state index contributed by atoms with van der Waals surface area (Å²) in [6.07, 6.45) is 1.82. The Balaban J connectivity index is 2.83. The zero-order chi connectivity index (χ0) is 13.8. The first-order valence-electron chi connectivity index (χ1n) is 5.98. The summed E-state index contributed by atoms with van der Waals surface area (Å²) in [4.78, 5) is 0. The molecule has 0 heterocycles. The highest BCUT2D eigenvalue weighted by atomic mass is 79.9. The molecule has 2 nitrogen and oxygen atoms in total. The van der Waals surface area contributed by atoms with Crippen LogP contribution in [0.25, 0.3) is 0 Å². The minimum absolute atomic E-state index is 0.108. The minimum Gasteiger partial charge on any atom is -0.396 e. The van der Waals surface area contributed by atoms with Gasteiger partial charge in [-0.2, -0.15) is 0 Å². The summed E-state index contributed by atoms with van der Waals surface area (Å²) in [6, 6.07) is 3.74. The third kappa shape index (κ3) is 3.53. The van der Waals surface area contributed by atoms with Crippen molar-refractivity contribution in [1.82, 2.24) is 0 Å². The molecule has 0 bridgehead atoms. The summed E-state index contributed by atoms with van der Waals surface area (Å²) in [7, 11) is 0. The van der Waals surface area contributed by atoms with Crippen LogP contribution in [-0.4, -0.2) is 18.3 Å². The van der Waals surface area contributed by atoms with Crippen LogP contribution in [0.3, 0.4) is 0 Å². The smallest absolute Gasteiger partial charge is 0.0835 e. The fourth-order valence-corrected chi connectivity index (χ4v) is 2.57. The van der Waals surface area contributed by atoms with E-state index in [1.165, 1.54) is 0 Å². The van der Waals surface area contributed by atoms with Gasteiger partial charge in [0.05, 0.1) is 22.3 Å². The second kappa shape index (κ2) is 6.99. The van der Waals surface area contributed by atoms with E-state index in [1.807, 2.05) is 12.1 Å². The molecule has 1 aromatic rings. The first kappa shape index (κ1) is 16.1. The highest BCUT2D eigenvalue weighted by Gasteiger charge is 2.25. The molecule has 0 aromatic heterocycles. The van der Waals surface area contributed by atoms with Crippen molar-refractivity contribution in [3.63, 3.8) is 0 Å². The molecule has 0 aliphatic carbocycles. The van der Waals surface area contributed by atoms with Crippen LogP contribution < -0.4 is 5.32 Å². The van der Waals surface area contributed by atoms with E-state index >= 15 is 0 Å². The van der Waals surface area contributed by atoms with Gasteiger partial charge in [-0.05, 0) is 40.9 Å². The van der Waals surface area contributed by atoms with Crippen LogP contribution in [0.5, 0.6) is 0 Å². The van der Waals surface area contributed by atoms with Crippen molar-refractivity contribution in [2.24, 2.45) is 5.41 Å². The Morgan fingerprint density at radius 3 is 2.33 bits per heavy atom. The second-order valence-electron chi connectivity index (χ2n) is 4.44. The van der Waals surface area contributed by atoms with Gasteiger partial charge in [0.15, 0.2) is 0 Å². The van der Waals surface area contributed by atoms with Crippen LogP contribution in [0.1, 0.15) is 26.7 Å². The van der Waals surface area contributed by atoms with E-state index in [2.05, 4.69) is 35.1 Å². The summed E-state index contributed by atoms with van der Waals surface area (Å²) in [6.45, 7) is 5.00. The van der Waals surface area contributed by atoms with Gasteiger partial charge in [-0.15, -0.1) is 0 Å². The van der Waals surface area contributed by atoms with E-state index in [4.69, 9.17) is 23.2 Å². The highest BCUT2D eigenvalue weighted by molar-refractivity contribution is 9.10. The van der Waals surface area contributed by atoms with Crippen LogP contribution in [0.4, 0.5) is 5.69 Å². The number of halogens is 3. The molecule has 0 saturated carbocycles. The van der Waals surface area contributed by atoms with Crippen molar-refractivity contribution >= 4 is 44.8 Å². The normalized spacial score (nSPS) is 11.7. The molecule has 0 aliphatic rings. The number of anilines is 1. The molecule has 5 heteroatoms. The molecule has 0 fully saturated rings. The van der Waals surface area contributed by atoms with E-state index in [-0.39, 0.29) is 12.0 Å². The molecular formula is C13H18BrCl2NO. The molecule has 102 valence electrons. The van der Waals surface area contributed by atoms with Gasteiger partial charge in [0.1, 0.15) is 0 Å². The van der Waals surface area contributed by atoms with Gasteiger partial charge in [0, 0.05) is 16.4 Å².